The fourth-order valence-electron chi connectivity index (χ4n) is 2.67. The molecule has 1 spiro atoms. The van der Waals surface area contributed by atoms with Gasteiger partial charge in [0.2, 0.25) is 0 Å². The summed E-state index contributed by atoms with van der Waals surface area (Å²) in [5.41, 5.74) is 9.14. The lowest BCUT2D eigenvalue weighted by Gasteiger charge is -2.18. The maximum atomic E-state index is 10.6. The number of nitrogens with two attached hydrogens (primary N) is 1. The summed E-state index contributed by atoms with van der Waals surface area (Å²) in [4.78, 5) is 11.3. The minimum Gasteiger partial charge on any atom is -0.475 e. The largest absolute Gasteiger partial charge is 0.490 e. The summed E-state index contributed by atoms with van der Waals surface area (Å²) >= 11 is 0. The van der Waals surface area contributed by atoms with E-state index in [0.717, 1.165) is 13.1 Å². The van der Waals surface area contributed by atoms with Crippen LogP contribution in [-0.2, 0) is 10.2 Å². The molecule has 1 heterocycles. The van der Waals surface area contributed by atoms with Gasteiger partial charge in [-0.05, 0) is 24.5 Å². The zero-order valence-electron chi connectivity index (χ0n) is 11.4. The Bertz CT molecular complexity index is 527. The second kappa shape index (κ2) is 5.55. The highest BCUT2D eigenvalue weighted by atomic mass is 19.4. The first kappa shape index (κ1) is 15.6. The van der Waals surface area contributed by atoms with Crippen LogP contribution in [0.5, 0.6) is 0 Å². The normalized spacial score (nSPS) is 18.0. The molecule has 0 amide bonds. The Hall–Kier alpha value is -1.76. The van der Waals surface area contributed by atoms with Crippen LogP contribution in [-0.4, -0.2) is 36.9 Å². The molecule has 21 heavy (non-hydrogen) atoms. The van der Waals surface area contributed by atoms with Crippen LogP contribution in [0.1, 0.15) is 18.4 Å². The van der Waals surface area contributed by atoms with Crippen LogP contribution in [0.3, 0.4) is 0 Å². The zero-order chi connectivity index (χ0) is 15.7. The molecule has 1 saturated carbocycles. The number of anilines is 1. The lowest BCUT2D eigenvalue weighted by molar-refractivity contribution is -0.192. The number of carbonyl (C=O) groups is 1. The standard InChI is InChI=1S/C12H16N2.C2HF3O2/c13-7-8-14-9-12(5-6-12)10-3-1-2-4-11(10)14;3-2(4,5)1(6)7/h1-4H,5-9,13H2;(H,6,7). The van der Waals surface area contributed by atoms with Crippen LogP contribution >= 0.6 is 0 Å². The fourth-order valence-corrected chi connectivity index (χ4v) is 2.67. The molecule has 3 rings (SSSR count). The first-order valence-corrected chi connectivity index (χ1v) is 6.65. The monoisotopic (exact) mass is 302 g/mol. The lowest BCUT2D eigenvalue weighted by Crippen LogP contribution is -2.29. The number of halogens is 3. The van der Waals surface area contributed by atoms with E-state index < -0.39 is 12.1 Å². The number of benzene rings is 1. The smallest absolute Gasteiger partial charge is 0.475 e. The minimum atomic E-state index is -5.08. The Morgan fingerprint density at radius 3 is 2.38 bits per heavy atom. The lowest BCUT2D eigenvalue weighted by atomic mass is 9.99. The van der Waals surface area contributed by atoms with Crippen LogP contribution in [0.25, 0.3) is 0 Å². The SMILES string of the molecule is NCCN1CC2(CC2)c2ccccc21.O=C(O)C(F)(F)F. The van der Waals surface area contributed by atoms with Gasteiger partial charge in [0.15, 0.2) is 0 Å². The van der Waals surface area contributed by atoms with Gasteiger partial charge in [0.05, 0.1) is 0 Å². The second-order valence-electron chi connectivity index (χ2n) is 5.31. The van der Waals surface area contributed by atoms with Crippen molar-refractivity contribution in [1.82, 2.24) is 0 Å². The van der Waals surface area contributed by atoms with Gasteiger partial charge in [-0.1, -0.05) is 18.2 Å². The molecular formula is C14H17F3N2O2. The van der Waals surface area contributed by atoms with E-state index in [1.165, 1.54) is 25.1 Å². The van der Waals surface area contributed by atoms with Crippen molar-refractivity contribution in [2.75, 3.05) is 24.5 Å². The maximum Gasteiger partial charge on any atom is 0.490 e. The fraction of sp³-hybridized carbons (Fsp3) is 0.500. The summed E-state index contributed by atoms with van der Waals surface area (Å²) in [5, 5.41) is 7.12. The van der Waals surface area contributed by atoms with E-state index in [2.05, 4.69) is 29.2 Å². The van der Waals surface area contributed by atoms with Crippen molar-refractivity contribution in [3.05, 3.63) is 29.8 Å². The number of alkyl halides is 3. The quantitative estimate of drug-likeness (QED) is 0.878. The van der Waals surface area contributed by atoms with Gasteiger partial charge in [-0.15, -0.1) is 0 Å². The van der Waals surface area contributed by atoms with Gasteiger partial charge in [-0.25, -0.2) is 4.79 Å². The predicted octanol–water partition coefficient (Wildman–Crippen LogP) is 2.13. The topological polar surface area (TPSA) is 66.6 Å². The predicted molar refractivity (Wildman–Crippen MR) is 72.3 cm³/mol. The minimum absolute atomic E-state index is 0.520. The molecule has 0 unspecified atom stereocenters. The van der Waals surface area contributed by atoms with Crippen molar-refractivity contribution in [1.29, 1.82) is 0 Å². The molecule has 0 bridgehead atoms. The van der Waals surface area contributed by atoms with E-state index >= 15 is 0 Å². The number of nitrogens with zero attached hydrogens (tertiary/aromatic N) is 1. The van der Waals surface area contributed by atoms with E-state index in [1.807, 2.05) is 0 Å². The van der Waals surface area contributed by atoms with Gasteiger partial charge in [0.1, 0.15) is 0 Å². The molecule has 2 aliphatic rings. The number of aliphatic carboxylic acids is 1. The third kappa shape index (κ3) is 3.29. The van der Waals surface area contributed by atoms with Gasteiger partial charge >= 0.3 is 12.1 Å². The third-order valence-corrected chi connectivity index (χ3v) is 3.80. The maximum absolute atomic E-state index is 10.6. The Labute approximate surface area is 120 Å². The average Bonchev–Trinajstić information content (AvgIpc) is 3.12. The molecule has 1 aromatic carbocycles. The Morgan fingerprint density at radius 1 is 1.33 bits per heavy atom. The number of carboxylic acid groups (broad SMARTS) is 1. The first-order valence-electron chi connectivity index (χ1n) is 6.65. The summed E-state index contributed by atoms with van der Waals surface area (Å²) in [7, 11) is 0. The zero-order valence-corrected chi connectivity index (χ0v) is 11.4. The van der Waals surface area contributed by atoms with Crippen molar-refractivity contribution in [3.8, 4) is 0 Å². The summed E-state index contributed by atoms with van der Waals surface area (Å²) in [6, 6.07) is 8.81. The van der Waals surface area contributed by atoms with Crippen molar-refractivity contribution in [3.63, 3.8) is 0 Å². The molecule has 1 aromatic rings. The number of hydrogen-bond acceptors (Lipinski definition) is 3. The highest BCUT2D eigenvalue weighted by molar-refractivity contribution is 5.73. The third-order valence-electron chi connectivity index (χ3n) is 3.80. The molecule has 1 aliphatic carbocycles. The number of carboxylic acids is 1. The van der Waals surface area contributed by atoms with Crippen molar-refractivity contribution in [2.45, 2.75) is 24.4 Å². The van der Waals surface area contributed by atoms with Crippen LogP contribution in [0, 0.1) is 0 Å². The molecule has 0 radical (unpaired) electrons. The van der Waals surface area contributed by atoms with Gasteiger partial charge in [0.25, 0.3) is 0 Å². The highest BCUT2D eigenvalue weighted by Crippen LogP contribution is 2.56. The molecule has 1 aliphatic heterocycles. The highest BCUT2D eigenvalue weighted by Gasteiger charge is 2.51. The van der Waals surface area contributed by atoms with E-state index in [0.29, 0.717) is 5.41 Å². The molecule has 116 valence electrons. The molecule has 0 aromatic heterocycles. The number of para-hydroxylation sites is 1. The van der Waals surface area contributed by atoms with Crippen LogP contribution < -0.4 is 10.6 Å². The van der Waals surface area contributed by atoms with E-state index in [1.54, 1.807) is 5.56 Å². The van der Waals surface area contributed by atoms with Gasteiger partial charge in [-0.3, -0.25) is 0 Å². The van der Waals surface area contributed by atoms with Crippen LogP contribution in [0.2, 0.25) is 0 Å². The molecule has 3 N–H and O–H groups in total. The Morgan fingerprint density at radius 2 is 1.90 bits per heavy atom. The summed E-state index contributed by atoms with van der Waals surface area (Å²) in [5.74, 6) is -2.76. The summed E-state index contributed by atoms with van der Waals surface area (Å²) < 4.78 is 31.7. The molecule has 1 fully saturated rings. The van der Waals surface area contributed by atoms with Crippen LogP contribution in [0.15, 0.2) is 24.3 Å². The van der Waals surface area contributed by atoms with Crippen molar-refractivity contribution in [2.24, 2.45) is 5.73 Å². The molecular weight excluding hydrogens is 285 g/mol. The van der Waals surface area contributed by atoms with Crippen LogP contribution in [0.4, 0.5) is 18.9 Å². The second-order valence-corrected chi connectivity index (χ2v) is 5.31. The number of fused-ring (bicyclic) bond motifs is 2. The van der Waals surface area contributed by atoms with E-state index in [4.69, 9.17) is 15.6 Å². The van der Waals surface area contributed by atoms with Gasteiger partial charge < -0.3 is 15.7 Å². The van der Waals surface area contributed by atoms with Gasteiger partial charge in [0, 0.05) is 30.7 Å². The summed E-state index contributed by atoms with van der Waals surface area (Å²) in [6.07, 6.45) is -2.35. The number of hydrogen-bond donors (Lipinski definition) is 2. The summed E-state index contributed by atoms with van der Waals surface area (Å²) in [6.45, 7) is 2.95. The number of rotatable bonds is 2. The van der Waals surface area contributed by atoms with E-state index in [-0.39, 0.29) is 0 Å². The molecule has 7 heteroatoms. The Kier molecular flexibility index (Phi) is 4.13. The molecule has 0 atom stereocenters. The van der Waals surface area contributed by atoms with E-state index in [9.17, 15) is 13.2 Å². The average molecular weight is 302 g/mol. The first-order chi connectivity index (χ1) is 9.80. The van der Waals surface area contributed by atoms with Crippen molar-refractivity contribution < 1.29 is 23.1 Å². The van der Waals surface area contributed by atoms with Crippen molar-refractivity contribution >= 4 is 11.7 Å². The Balaban J connectivity index is 0.000000199. The molecule has 4 nitrogen and oxygen atoms in total. The molecule has 0 saturated heterocycles. The van der Waals surface area contributed by atoms with Gasteiger partial charge in [-0.2, -0.15) is 13.2 Å².